The number of fused-ring (bicyclic) bond motifs is 1. The second-order valence-corrected chi connectivity index (χ2v) is 7.52. The molecule has 3 amide bonds. The van der Waals surface area contributed by atoms with Crippen molar-refractivity contribution >= 4 is 61.7 Å². The summed E-state index contributed by atoms with van der Waals surface area (Å²) in [5.74, 6) is -0.381. The number of nitrogens with one attached hydrogen (secondary N) is 1. The number of rotatable bonds is 3. The van der Waals surface area contributed by atoms with E-state index in [9.17, 15) is 9.59 Å². The van der Waals surface area contributed by atoms with E-state index in [1.807, 2.05) is 12.1 Å². The number of hydrogen-bond donors (Lipinski definition) is 1. The van der Waals surface area contributed by atoms with Crippen molar-refractivity contribution in [3.63, 3.8) is 0 Å². The minimum Gasteiger partial charge on any atom is -0.326 e. The van der Waals surface area contributed by atoms with Crippen molar-refractivity contribution in [1.29, 1.82) is 0 Å². The summed E-state index contributed by atoms with van der Waals surface area (Å²) in [6.07, 6.45) is 3.16. The standard InChI is InChI=1S/C19H15BrClN5O2/c1-25-8-9-26(19(25)28)16-11-4-2-6-14(15(11)23-10-13(16)20)24-18(27)12-5-3-7-22-17(12)21/h2-7,10H,8-9H2,1H3,(H,24,27). The van der Waals surface area contributed by atoms with Crippen molar-refractivity contribution in [2.75, 3.05) is 30.4 Å². The van der Waals surface area contributed by atoms with Gasteiger partial charge in [0, 0.05) is 37.9 Å². The lowest BCUT2D eigenvalue weighted by Crippen LogP contribution is -2.29. The molecule has 2 aromatic heterocycles. The van der Waals surface area contributed by atoms with E-state index in [2.05, 4.69) is 31.2 Å². The van der Waals surface area contributed by atoms with Gasteiger partial charge in [0.25, 0.3) is 5.91 Å². The predicted octanol–water partition coefficient (Wildman–Crippen LogP) is 4.17. The zero-order valence-corrected chi connectivity index (χ0v) is 17.2. The van der Waals surface area contributed by atoms with Crippen LogP contribution in [0.2, 0.25) is 5.15 Å². The first-order chi connectivity index (χ1) is 13.5. The highest BCUT2D eigenvalue weighted by atomic mass is 79.9. The monoisotopic (exact) mass is 459 g/mol. The predicted molar refractivity (Wildman–Crippen MR) is 112 cm³/mol. The van der Waals surface area contributed by atoms with Crippen molar-refractivity contribution in [2.24, 2.45) is 0 Å². The third kappa shape index (κ3) is 3.18. The van der Waals surface area contributed by atoms with Crippen LogP contribution in [0.15, 0.2) is 47.2 Å². The topological polar surface area (TPSA) is 78.4 Å². The fourth-order valence-corrected chi connectivity index (χ4v) is 3.89. The van der Waals surface area contributed by atoms with Gasteiger partial charge >= 0.3 is 6.03 Å². The number of benzene rings is 1. The Labute approximate surface area is 174 Å². The molecule has 0 spiro atoms. The van der Waals surface area contributed by atoms with Crippen molar-refractivity contribution < 1.29 is 9.59 Å². The molecule has 0 saturated carbocycles. The number of urea groups is 1. The molecule has 142 valence electrons. The van der Waals surface area contributed by atoms with Crippen LogP contribution in [-0.2, 0) is 0 Å². The van der Waals surface area contributed by atoms with Gasteiger partial charge in [0.1, 0.15) is 5.15 Å². The largest absolute Gasteiger partial charge is 0.326 e. The number of aromatic nitrogens is 2. The molecule has 0 aliphatic carbocycles. The molecule has 1 fully saturated rings. The quantitative estimate of drug-likeness (QED) is 0.595. The summed E-state index contributed by atoms with van der Waals surface area (Å²) in [6.45, 7) is 1.22. The zero-order chi connectivity index (χ0) is 19.8. The van der Waals surface area contributed by atoms with E-state index < -0.39 is 0 Å². The van der Waals surface area contributed by atoms with Gasteiger partial charge in [0.05, 0.1) is 26.9 Å². The van der Waals surface area contributed by atoms with Gasteiger partial charge in [0.2, 0.25) is 0 Å². The van der Waals surface area contributed by atoms with Crippen LogP contribution in [0.3, 0.4) is 0 Å². The van der Waals surface area contributed by atoms with Gasteiger partial charge in [-0.2, -0.15) is 0 Å². The SMILES string of the molecule is CN1CCN(c2c(Br)cnc3c(NC(=O)c4cccnc4Cl)cccc23)C1=O. The number of pyridine rings is 2. The summed E-state index contributed by atoms with van der Waals surface area (Å²) >= 11 is 9.53. The van der Waals surface area contributed by atoms with Crippen molar-refractivity contribution in [1.82, 2.24) is 14.9 Å². The minimum absolute atomic E-state index is 0.0789. The molecule has 9 heteroatoms. The molecule has 0 bridgehead atoms. The van der Waals surface area contributed by atoms with E-state index in [1.54, 1.807) is 41.2 Å². The van der Waals surface area contributed by atoms with Crippen molar-refractivity contribution in [3.05, 3.63) is 57.9 Å². The number of hydrogen-bond acceptors (Lipinski definition) is 4. The molecular weight excluding hydrogens is 446 g/mol. The van der Waals surface area contributed by atoms with Gasteiger partial charge in [-0.3, -0.25) is 14.7 Å². The van der Waals surface area contributed by atoms with E-state index in [4.69, 9.17) is 11.6 Å². The van der Waals surface area contributed by atoms with Crippen LogP contribution in [0.1, 0.15) is 10.4 Å². The maximum Gasteiger partial charge on any atom is 0.324 e. The van der Waals surface area contributed by atoms with Gasteiger partial charge in [-0.15, -0.1) is 0 Å². The van der Waals surface area contributed by atoms with E-state index in [1.165, 1.54) is 6.20 Å². The third-order valence-corrected chi connectivity index (χ3v) is 5.44. The van der Waals surface area contributed by atoms with E-state index >= 15 is 0 Å². The third-order valence-electron chi connectivity index (χ3n) is 4.56. The zero-order valence-electron chi connectivity index (χ0n) is 14.8. The fraction of sp³-hybridized carbons (Fsp3) is 0.158. The smallest absolute Gasteiger partial charge is 0.324 e. The summed E-state index contributed by atoms with van der Waals surface area (Å²) < 4.78 is 0.711. The lowest BCUT2D eigenvalue weighted by Gasteiger charge is -2.20. The van der Waals surface area contributed by atoms with Crippen LogP contribution in [0, 0.1) is 0 Å². The first-order valence-electron chi connectivity index (χ1n) is 8.49. The van der Waals surface area contributed by atoms with Crippen molar-refractivity contribution in [3.8, 4) is 0 Å². The fourth-order valence-electron chi connectivity index (χ4n) is 3.16. The molecular formula is C19H15BrClN5O2. The van der Waals surface area contributed by atoms with Crippen LogP contribution in [0.4, 0.5) is 16.2 Å². The highest BCUT2D eigenvalue weighted by Gasteiger charge is 2.30. The van der Waals surface area contributed by atoms with Gasteiger partial charge in [-0.1, -0.05) is 23.7 Å². The second-order valence-electron chi connectivity index (χ2n) is 6.31. The molecule has 1 saturated heterocycles. The summed E-state index contributed by atoms with van der Waals surface area (Å²) in [5.41, 5.74) is 2.11. The highest BCUT2D eigenvalue weighted by Crippen LogP contribution is 2.37. The lowest BCUT2D eigenvalue weighted by molar-refractivity contribution is 0.102. The Balaban J connectivity index is 1.78. The lowest BCUT2D eigenvalue weighted by atomic mass is 10.1. The Bertz CT molecular complexity index is 1110. The van der Waals surface area contributed by atoms with E-state index in [0.29, 0.717) is 28.8 Å². The normalized spacial score (nSPS) is 14.0. The van der Waals surface area contributed by atoms with Crippen LogP contribution >= 0.6 is 27.5 Å². The first kappa shape index (κ1) is 18.6. The molecule has 0 radical (unpaired) electrons. The van der Waals surface area contributed by atoms with E-state index in [-0.39, 0.29) is 22.7 Å². The molecule has 1 aromatic carbocycles. The first-order valence-corrected chi connectivity index (χ1v) is 9.66. The van der Waals surface area contributed by atoms with Crippen molar-refractivity contribution in [2.45, 2.75) is 0 Å². The molecule has 3 heterocycles. The Morgan fingerprint density at radius 1 is 1.21 bits per heavy atom. The van der Waals surface area contributed by atoms with Gasteiger partial charge in [-0.25, -0.2) is 9.78 Å². The summed E-state index contributed by atoms with van der Waals surface area (Å²) in [5, 5.41) is 3.73. The highest BCUT2D eigenvalue weighted by molar-refractivity contribution is 9.10. The molecule has 1 aliphatic rings. The van der Waals surface area contributed by atoms with Gasteiger partial charge in [0.15, 0.2) is 0 Å². The van der Waals surface area contributed by atoms with Crippen LogP contribution < -0.4 is 10.2 Å². The summed E-state index contributed by atoms with van der Waals surface area (Å²) in [7, 11) is 1.77. The van der Waals surface area contributed by atoms with Gasteiger partial charge < -0.3 is 10.2 Å². The number of likely N-dealkylation sites (N-methyl/N-ethyl adjacent to an activating group) is 1. The molecule has 0 atom stereocenters. The molecule has 4 rings (SSSR count). The molecule has 0 unspecified atom stereocenters. The maximum atomic E-state index is 12.6. The number of carbonyl (C=O) groups is 2. The molecule has 28 heavy (non-hydrogen) atoms. The Morgan fingerprint density at radius 2 is 2.04 bits per heavy atom. The van der Waals surface area contributed by atoms with Crippen LogP contribution in [0.5, 0.6) is 0 Å². The molecule has 7 nitrogen and oxygen atoms in total. The summed E-state index contributed by atoms with van der Waals surface area (Å²) in [4.78, 5) is 36.9. The van der Waals surface area contributed by atoms with Crippen LogP contribution in [-0.4, -0.2) is 46.9 Å². The number of carbonyl (C=O) groups excluding carboxylic acids is 2. The Hall–Kier alpha value is -2.71. The van der Waals surface area contributed by atoms with E-state index in [0.717, 1.165) is 11.1 Å². The minimum atomic E-state index is -0.381. The molecule has 1 aliphatic heterocycles. The summed E-state index contributed by atoms with van der Waals surface area (Å²) in [6, 6.07) is 8.61. The molecule has 1 N–H and O–H groups in total. The number of para-hydroxylation sites is 1. The number of nitrogens with zero attached hydrogens (tertiary/aromatic N) is 4. The number of halogens is 2. The maximum absolute atomic E-state index is 12.6. The van der Waals surface area contributed by atoms with Gasteiger partial charge in [-0.05, 0) is 34.1 Å². The Kier molecular flexibility index (Phi) is 4.91. The Morgan fingerprint density at radius 3 is 2.75 bits per heavy atom. The van der Waals surface area contributed by atoms with Crippen LogP contribution in [0.25, 0.3) is 10.9 Å². The average molecular weight is 461 g/mol. The second kappa shape index (κ2) is 7.37. The number of anilines is 2. The molecule has 3 aromatic rings. The average Bonchev–Trinajstić information content (AvgIpc) is 3.01. The number of amides is 3.